The Bertz CT molecular complexity index is 924. The molecule has 0 amide bonds. The fourth-order valence-corrected chi connectivity index (χ4v) is 2.99. The number of hydrogen-bond donors (Lipinski definition) is 1. The van der Waals surface area contributed by atoms with Gasteiger partial charge in [0.25, 0.3) is 0 Å². The Hall–Kier alpha value is -2.19. The Morgan fingerprint density at radius 2 is 1.81 bits per heavy atom. The summed E-state index contributed by atoms with van der Waals surface area (Å²) < 4.78 is 65.6. The predicted molar refractivity (Wildman–Crippen MR) is 88.0 cm³/mol. The van der Waals surface area contributed by atoms with E-state index in [0.29, 0.717) is 21.7 Å². The van der Waals surface area contributed by atoms with Crippen molar-refractivity contribution in [1.82, 2.24) is 0 Å². The molecule has 3 rings (SSSR count). The number of nitrogens with two attached hydrogens (primary N) is 1. The molecule has 138 valence electrons. The van der Waals surface area contributed by atoms with Crippen molar-refractivity contribution in [3.8, 4) is 0 Å². The summed E-state index contributed by atoms with van der Waals surface area (Å²) in [4.78, 5) is 5.45. The van der Waals surface area contributed by atoms with Gasteiger partial charge in [0.15, 0.2) is 0 Å². The largest absolute Gasteiger partial charge is 0.390 e. The predicted octanol–water partition coefficient (Wildman–Crippen LogP) is 3.10. The maximum atomic E-state index is 13.6. The normalized spacial score (nSPS) is 18.0. The quantitative estimate of drug-likeness (QED) is 0.820. The fraction of sp³-hybridized carbons (Fsp3) is 0.235. The molecular weight excluding hydrogens is 377 g/mol. The average Bonchev–Trinajstić information content (AvgIpc) is 2.51. The summed E-state index contributed by atoms with van der Waals surface area (Å²) in [6.07, 6.45) is -5.62. The molecule has 0 radical (unpaired) electrons. The van der Waals surface area contributed by atoms with E-state index in [9.17, 15) is 22.0 Å². The molecule has 1 aliphatic rings. The highest BCUT2D eigenvalue weighted by molar-refractivity contribution is 6.30. The first-order chi connectivity index (χ1) is 12.1. The second-order valence-corrected chi connectivity index (χ2v) is 6.27. The molecule has 3 nitrogen and oxygen atoms in total. The number of benzene rings is 2. The standard InChI is InChI=1S/C17H13ClF5N3/c18-13-2-1-3-15-12(13)8-26(11-5-9(19)4-10(20)6-11)16(25-15)14(24)7-17(21,22)23/h1-6,8,14,16H,7,24H2/t14?,16-/m1/s1. The van der Waals surface area contributed by atoms with Crippen LogP contribution in [0.1, 0.15) is 6.42 Å². The second kappa shape index (κ2) is 6.85. The Kier molecular flexibility index (Phi) is 4.90. The Balaban J connectivity index is 2.15. The van der Waals surface area contributed by atoms with Gasteiger partial charge in [0.05, 0.1) is 22.8 Å². The lowest BCUT2D eigenvalue weighted by Gasteiger charge is -2.34. The van der Waals surface area contributed by atoms with Gasteiger partial charge in [-0.3, -0.25) is 4.99 Å². The van der Waals surface area contributed by atoms with E-state index in [1.165, 1.54) is 11.1 Å². The van der Waals surface area contributed by atoms with E-state index >= 15 is 0 Å². The minimum atomic E-state index is -4.51. The highest BCUT2D eigenvalue weighted by Gasteiger charge is 2.36. The third-order valence-electron chi connectivity index (χ3n) is 3.85. The summed E-state index contributed by atoms with van der Waals surface area (Å²) in [5.74, 6) is -1.75. The minimum Gasteiger partial charge on any atom is -0.324 e. The molecule has 1 heterocycles. The maximum absolute atomic E-state index is 13.6. The zero-order valence-electron chi connectivity index (χ0n) is 13.1. The SMILES string of the molecule is NC(CC(F)(F)F)[C@@H]1N=c2cccc(Cl)c2=CN1c1cc(F)cc(F)c1. The van der Waals surface area contributed by atoms with Crippen molar-refractivity contribution in [1.29, 1.82) is 0 Å². The van der Waals surface area contributed by atoms with Gasteiger partial charge in [0.1, 0.15) is 17.8 Å². The highest BCUT2D eigenvalue weighted by Crippen LogP contribution is 2.28. The van der Waals surface area contributed by atoms with Crippen LogP contribution in [0.15, 0.2) is 41.4 Å². The summed E-state index contributed by atoms with van der Waals surface area (Å²) in [6, 6.07) is 5.94. The van der Waals surface area contributed by atoms with E-state index in [4.69, 9.17) is 17.3 Å². The third kappa shape index (κ3) is 3.96. The molecule has 1 unspecified atom stereocenters. The van der Waals surface area contributed by atoms with E-state index in [1.807, 2.05) is 0 Å². The van der Waals surface area contributed by atoms with Gasteiger partial charge >= 0.3 is 6.18 Å². The lowest BCUT2D eigenvalue weighted by Crippen LogP contribution is -2.52. The lowest BCUT2D eigenvalue weighted by atomic mass is 10.1. The number of rotatable bonds is 3. The molecule has 9 heteroatoms. The van der Waals surface area contributed by atoms with Crippen molar-refractivity contribution in [2.24, 2.45) is 10.7 Å². The average molecular weight is 390 g/mol. The van der Waals surface area contributed by atoms with Crippen LogP contribution < -0.4 is 21.2 Å². The van der Waals surface area contributed by atoms with E-state index in [0.717, 1.165) is 12.1 Å². The molecule has 26 heavy (non-hydrogen) atoms. The Labute approximate surface area is 150 Å². The van der Waals surface area contributed by atoms with E-state index in [-0.39, 0.29) is 5.69 Å². The topological polar surface area (TPSA) is 41.6 Å². The van der Waals surface area contributed by atoms with Gasteiger partial charge in [-0.25, -0.2) is 8.78 Å². The molecule has 1 aliphatic heterocycles. The number of anilines is 1. The summed E-state index contributed by atoms with van der Waals surface area (Å²) in [5.41, 5.74) is 5.72. The molecule has 0 saturated heterocycles. The zero-order chi connectivity index (χ0) is 19.1. The summed E-state index contributed by atoms with van der Waals surface area (Å²) >= 11 is 6.11. The van der Waals surface area contributed by atoms with E-state index in [2.05, 4.69) is 4.99 Å². The van der Waals surface area contributed by atoms with Crippen LogP contribution in [0.4, 0.5) is 27.6 Å². The number of alkyl halides is 3. The zero-order valence-corrected chi connectivity index (χ0v) is 13.9. The number of halogens is 6. The van der Waals surface area contributed by atoms with Crippen molar-refractivity contribution in [3.63, 3.8) is 0 Å². The van der Waals surface area contributed by atoms with Crippen molar-refractivity contribution in [2.45, 2.75) is 24.8 Å². The first-order valence-electron chi connectivity index (χ1n) is 7.55. The molecule has 0 aliphatic carbocycles. The van der Waals surface area contributed by atoms with Crippen LogP contribution in [0.5, 0.6) is 0 Å². The van der Waals surface area contributed by atoms with Crippen LogP contribution in [-0.4, -0.2) is 18.4 Å². The number of hydrogen-bond acceptors (Lipinski definition) is 3. The number of fused-ring (bicyclic) bond motifs is 1. The molecule has 0 saturated carbocycles. The fourth-order valence-electron chi connectivity index (χ4n) is 2.78. The van der Waals surface area contributed by atoms with Crippen LogP contribution in [0.3, 0.4) is 0 Å². The summed E-state index contributed by atoms with van der Waals surface area (Å²) in [7, 11) is 0. The van der Waals surface area contributed by atoms with E-state index in [1.54, 1.807) is 18.2 Å². The summed E-state index contributed by atoms with van der Waals surface area (Å²) in [5, 5.41) is 1.08. The molecule has 2 aromatic carbocycles. The third-order valence-corrected chi connectivity index (χ3v) is 4.18. The van der Waals surface area contributed by atoms with Crippen molar-refractivity contribution in [3.05, 3.63) is 63.6 Å². The monoisotopic (exact) mass is 389 g/mol. The molecule has 0 aromatic heterocycles. The van der Waals surface area contributed by atoms with Gasteiger partial charge in [-0.15, -0.1) is 0 Å². The molecule has 0 spiro atoms. The first-order valence-corrected chi connectivity index (χ1v) is 7.93. The van der Waals surface area contributed by atoms with Gasteiger partial charge in [-0.05, 0) is 24.3 Å². The van der Waals surface area contributed by atoms with Gasteiger partial charge in [-0.1, -0.05) is 17.7 Å². The molecule has 0 bridgehead atoms. The Morgan fingerprint density at radius 1 is 1.15 bits per heavy atom. The van der Waals surface area contributed by atoms with Crippen LogP contribution in [0, 0.1) is 11.6 Å². The number of nitrogens with zero attached hydrogens (tertiary/aromatic N) is 2. The van der Waals surface area contributed by atoms with Gasteiger partial charge in [0, 0.05) is 23.2 Å². The summed E-state index contributed by atoms with van der Waals surface area (Å²) in [6.45, 7) is 0. The Morgan fingerprint density at radius 3 is 2.42 bits per heavy atom. The minimum absolute atomic E-state index is 0.0144. The van der Waals surface area contributed by atoms with Crippen LogP contribution in [-0.2, 0) is 0 Å². The van der Waals surface area contributed by atoms with Crippen LogP contribution in [0.25, 0.3) is 6.20 Å². The van der Waals surface area contributed by atoms with Gasteiger partial charge in [-0.2, -0.15) is 13.2 Å². The highest BCUT2D eigenvalue weighted by atomic mass is 35.5. The lowest BCUT2D eigenvalue weighted by molar-refractivity contribution is -0.139. The molecule has 0 fully saturated rings. The van der Waals surface area contributed by atoms with Crippen LogP contribution in [0.2, 0.25) is 5.02 Å². The van der Waals surface area contributed by atoms with Crippen molar-refractivity contribution < 1.29 is 22.0 Å². The molecule has 2 N–H and O–H groups in total. The van der Waals surface area contributed by atoms with Gasteiger partial charge < -0.3 is 10.6 Å². The maximum Gasteiger partial charge on any atom is 0.390 e. The van der Waals surface area contributed by atoms with Crippen LogP contribution >= 0.6 is 11.6 Å². The smallest absolute Gasteiger partial charge is 0.324 e. The second-order valence-electron chi connectivity index (χ2n) is 5.86. The van der Waals surface area contributed by atoms with Crippen molar-refractivity contribution in [2.75, 3.05) is 4.90 Å². The molecule has 2 aromatic rings. The molecule has 2 atom stereocenters. The molecular formula is C17H13ClF5N3. The van der Waals surface area contributed by atoms with E-state index < -0.39 is 36.4 Å². The van der Waals surface area contributed by atoms with Crippen molar-refractivity contribution >= 4 is 23.5 Å². The van der Waals surface area contributed by atoms with Gasteiger partial charge in [0.2, 0.25) is 0 Å². The first kappa shape index (κ1) is 18.6.